The van der Waals surface area contributed by atoms with Crippen molar-refractivity contribution in [3.63, 3.8) is 0 Å². The lowest BCUT2D eigenvalue weighted by Gasteiger charge is -2.19. The van der Waals surface area contributed by atoms with E-state index < -0.39 is 0 Å². The van der Waals surface area contributed by atoms with Crippen LogP contribution in [0, 0.1) is 0 Å². The molecular formula is C19H19N3O4S. The van der Waals surface area contributed by atoms with Crippen LogP contribution in [0.15, 0.2) is 41.0 Å². The second-order valence-electron chi connectivity index (χ2n) is 5.49. The fourth-order valence-electron chi connectivity index (χ4n) is 2.89. The first-order valence-corrected chi connectivity index (χ1v) is 8.82. The van der Waals surface area contributed by atoms with Crippen LogP contribution in [0.5, 0.6) is 17.2 Å². The van der Waals surface area contributed by atoms with Crippen molar-refractivity contribution in [1.29, 1.82) is 0 Å². The Morgan fingerprint density at radius 2 is 1.89 bits per heavy atom. The van der Waals surface area contributed by atoms with Gasteiger partial charge in [0.25, 0.3) is 0 Å². The van der Waals surface area contributed by atoms with Gasteiger partial charge in [0.2, 0.25) is 5.75 Å². The number of ether oxygens (including phenoxy) is 3. The molecule has 0 saturated heterocycles. The molecule has 3 rings (SSSR count). The van der Waals surface area contributed by atoms with Crippen LogP contribution < -0.4 is 19.9 Å². The fourth-order valence-corrected chi connectivity index (χ4v) is 3.52. The third-order valence-electron chi connectivity index (χ3n) is 4.06. The van der Waals surface area contributed by atoms with E-state index >= 15 is 0 Å². The molecule has 3 N–H and O–H groups in total. The maximum absolute atomic E-state index is 9.14. The van der Waals surface area contributed by atoms with Crippen LogP contribution in [0.25, 0.3) is 21.7 Å². The van der Waals surface area contributed by atoms with E-state index in [0.717, 1.165) is 10.6 Å². The Hall–Kier alpha value is -3.26. The number of methoxy groups -OCH3 is 3. The van der Waals surface area contributed by atoms with E-state index in [9.17, 15) is 0 Å². The van der Waals surface area contributed by atoms with Crippen LogP contribution in [0.1, 0.15) is 5.56 Å². The van der Waals surface area contributed by atoms with Crippen molar-refractivity contribution in [3.05, 3.63) is 41.4 Å². The second kappa shape index (κ2) is 7.96. The summed E-state index contributed by atoms with van der Waals surface area (Å²) in [6.07, 6.45) is 3.05. The van der Waals surface area contributed by atoms with Gasteiger partial charge in [-0.15, -0.1) is 11.3 Å². The third-order valence-corrected chi connectivity index (χ3v) is 4.88. The first-order valence-electron chi connectivity index (χ1n) is 7.94. The Kier molecular flexibility index (Phi) is 5.46. The average molecular weight is 385 g/mol. The molecule has 0 saturated carbocycles. The van der Waals surface area contributed by atoms with Crippen molar-refractivity contribution in [3.8, 4) is 38.9 Å². The predicted octanol–water partition coefficient (Wildman–Crippen LogP) is 3.89. The van der Waals surface area contributed by atoms with Gasteiger partial charge in [0.15, 0.2) is 11.5 Å². The molecule has 3 aromatic rings. The number of hydrogen-bond acceptors (Lipinski definition) is 8. The van der Waals surface area contributed by atoms with E-state index in [1.54, 1.807) is 12.3 Å². The standard InChI is InChI=1S/C19H19N3O4S/c1-24-15-9-12(10-22-23)16(18(26-3)17(15)25-2)13-8-11(4-5-14(13)20)19-21-6-7-27-19/h4-10,23H,20H2,1-3H3. The highest BCUT2D eigenvalue weighted by atomic mass is 32.1. The molecule has 0 bridgehead atoms. The summed E-state index contributed by atoms with van der Waals surface area (Å²) in [6.45, 7) is 0. The minimum absolute atomic E-state index is 0.421. The summed E-state index contributed by atoms with van der Waals surface area (Å²) in [5.74, 6) is 1.29. The van der Waals surface area contributed by atoms with Gasteiger partial charge >= 0.3 is 0 Å². The highest BCUT2D eigenvalue weighted by Crippen LogP contribution is 2.48. The zero-order valence-corrected chi connectivity index (χ0v) is 15.9. The summed E-state index contributed by atoms with van der Waals surface area (Å²) in [5.41, 5.74) is 9.62. The summed E-state index contributed by atoms with van der Waals surface area (Å²) < 4.78 is 16.5. The summed E-state index contributed by atoms with van der Waals surface area (Å²) in [5, 5.41) is 15.1. The van der Waals surface area contributed by atoms with Gasteiger partial charge in [-0.25, -0.2) is 4.98 Å². The summed E-state index contributed by atoms with van der Waals surface area (Å²) in [7, 11) is 4.58. The summed E-state index contributed by atoms with van der Waals surface area (Å²) >= 11 is 1.53. The number of thiazole rings is 1. The van der Waals surface area contributed by atoms with Crippen LogP contribution in [0.3, 0.4) is 0 Å². The zero-order valence-electron chi connectivity index (χ0n) is 15.1. The molecule has 0 spiro atoms. The summed E-state index contributed by atoms with van der Waals surface area (Å²) in [6, 6.07) is 7.34. The third kappa shape index (κ3) is 3.39. The lowest BCUT2D eigenvalue weighted by atomic mass is 9.95. The van der Waals surface area contributed by atoms with E-state index in [1.165, 1.54) is 38.9 Å². The van der Waals surface area contributed by atoms with Gasteiger partial charge < -0.3 is 25.2 Å². The fraction of sp³-hybridized carbons (Fsp3) is 0.158. The zero-order chi connectivity index (χ0) is 19.4. The number of benzene rings is 2. The number of rotatable bonds is 6. The van der Waals surface area contributed by atoms with E-state index in [1.807, 2.05) is 23.6 Å². The SMILES string of the molecule is COc1cc(C=NO)c(-c2cc(-c3nccs3)ccc2N)c(OC)c1OC. The molecule has 0 atom stereocenters. The van der Waals surface area contributed by atoms with E-state index in [-0.39, 0.29) is 0 Å². The molecule has 7 nitrogen and oxygen atoms in total. The molecule has 0 radical (unpaired) electrons. The number of hydrogen-bond donors (Lipinski definition) is 2. The van der Waals surface area contributed by atoms with Crippen molar-refractivity contribution >= 4 is 23.2 Å². The van der Waals surface area contributed by atoms with Crippen LogP contribution in [0.4, 0.5) is 5.69 Å². The van der Waals surface area contributed by atoms with Gasteiger partial charge in [-0.05, 0) is 24.3 Å². The minimum Gasteiger partial charge on any atom is -0.493 e. The number of aromatic nitrogens is 1. The Morgan fingerprint density at radius 1 is 1.11 bits per heavy atom. The molecule has 27 heavy (non-hydrogen) atoms. The van der Waals surface area contributed by atoms with E-state index in [2.05, 4.69) is 10.1 Å². The Bertz CT molecular complexity index is 972. The minimum atomic E-state index is 0.421. The van der Waals surface area contributed by atoms with Gasteiger partial charge in [0.1, 0.15) is 5.01 Å². The van der Waals surface area contributed by atoms with E-state index in [4.69, 9.17) is 25.2 Å². The van der Waals surface area contributed by atoms with Crippen molar-refractivity contribution in [2.24, 2.45) is 5.16 Å². The highest BCUT2D eigenvalue weighted by molar-refractivity contribution is 7.13. The van der Waals surface area contributed by atoms with Crippen LogP contribution >= 0.6 is 11.3 Å². The average Bonchev–Trinajstić information content (AvgIpc) is 3.22. The molecule has 0 aliphatic rings. The smallest absolute Gasteiger partial charge is 0.203 e. The Balaban J connectivity index is 2.34. The molecule has 0 aliphatic carbocycles. The first-order chi connectivity index (χ1) is 13.1. The number of nitrogens with two attached hydrogens (primary N) is 1. The number of nitrogens with zero attached hydrogens (tertiary/aromatic N) is 2. The molecule has 0 amide bonds. The quantitative estimate of drug-likeness (QED) is 0.289. The van der Waals surface area contributed by atoms with Crippen molar-refractivity contribution in [2.75, 3.05) is 27.1 Å². The highest BCUT2D eigenvalue weighted by Gasteiger charge is 2.23. The predicted molar refractivity (Wildman–Crippen MR) is 106 cm³/mol. The molecule has 140 valence electrons. The van der Waals surface area contributed by atoms with Crippen LogP contribution in [0.2, 0.25) is 0 Å². The lowest BCUT2D eigenvalue weighted by molar-refractivity contribution is 0.321. The van der Waals surface area contributed by atoms with Gasteiger partial charge in [-0.1, -0.05) is 5.16 Å². The number of oxime groups is 1. The monoisotopic (exact) mass is 385 g/mol. The van der Waals surface area contributed by atoms with Gasteiger partial charge in [-0.2, -0.15) is 0 Å². The van der Waals surface area contributed by atoms with Gasteiger partial charge in [0, 0.05) is 39.5 Å². The van der Waals surface area contributed by atoms with Gasteiger partial charge in [0.05, 0.1) is 27.5 Å². The molecule has 8 heteroatoms. The number of nitrogen functional groups attached to an aromatic ring is 1. The molecule has 0 aliphatic heterocycles. The first kappa shape index (κ1) is 18.5. The maximum atomic E-state index is 9.14. The summed E-state index contributed by atoms with van der Waals surface area (Å²) in [4.78, 5) is 4.35. The van der Waals surface area contributed by atoms with E-state index in [0.29, 0.717) is 39.6 Å². The largest absolute Gasteiger partial charge is 0.493 e. The molecule has 1 aromatic heterocycles. The van der Waals surface area contributed by atoms with Crippen LogP contribution in [-0.2, 0) is 0 Å². The normalized spacial score (nSPS) is 10.9. The number of anilines is 1. The van der Waals surface area contributed by atoms with Crippen molar-refractivity contribution < 1.29 is 19.4 Å². The second-order valence-corrected chi connectivity index (χ2v) is 6.39. The van der Waals surface area contributed by atoms with Crippen molar-refractivity contribution in [1.82, 2.24) is 4.98 Å². The van der Waals surface area contributed by atoms with Crippen molar-refractivity contribution in [2.45, 2.75) is 0 Å². The topological polar surface area (TPSA) is 99.2 Å². The van der Waals surface area contributed by atoms with Crippen LogP contribution in [-0.4, -0.2) is 37.7 Å². The van der Waals surface area contributed by atoms with Gasteiger partial charge in [-0.3, -0.25) is 0 Å². The molecule has 0 unspecified atom stereocenters. The molecule has 2 aromatic carbocycles. The lowest BCUT2D eigenvalue weighted by Crippen LogP contribution is -2.02. The molecule has 1 heterocycles. The maximum Gasteiger partial charge on any atom is 0.203 e. The molecular weight excluding hydrogens is 366 g/mol. The molecule has 0 fully saturated rings. The Morgan fingerprint density at radius 3 is 2.48 bits per heavy atom. The Labute approximate surface area is 160 Å².